The molecule has 0 aromatic carbocycles. The van der Waals surface area contributed by atoms with Gasteiger partial charge in [0.25, 0.3) is 10.1 Å². The molecule has 5 nitrogen and oxygen atoms in total. The Bertz CT molecular complexity index is 304. The minimum Gasteiger partial charge on any atom is -0.396 e. The Morgan fingerprint density at radius 2 is 1.87 bits per heavy atom. The van der Waals surface area contributed by atoms with Gasteiger partial charge in [-0.05, 0) is 18.2 Å². The van der Waals surface area contributed by atoms with E-state index in [-0.39, 0.29) is 6.42 Å². The molecule has 15 heavy (non-hydrogen) atoms. The molecular weight excluding hydrogens is 242 g/mol. The van der Waals surface area contributed by atoms with Gasteiger partial charge < -0.3 is 5.11 Å². The third-order valence-corrected chi connectivity index (χ3v) is 4.86. The van der Waals surface area contributed by atoms with Crippen molar-refractivity contribution < 1.29 is 18.1 Å². The normalized spacial score (nSPS) is 17.5. The molecule has 0 bridgehead atoms. The largest absolute Gasteiger partial charge is 0.396 e. The van der Waals surface area contributed by atoms with Crippen LogP contribution in [0.1, 0.15) is 33.6 Å². The molecule has 0 amide bonds. The average molecular weight is 260 g/mol. The standard InChI is InChI=1S/C8H18ClNO4S/c1-4-5-8(10-9,15(12,13)14)7(2,3)6-11/h10-11H,4-6H2,1-3H3,(H,12,13,14). The van der Waals surface area contributed by atoms with Crippen molar-refractivity contribution in [2.75, 3.05) is 6.61 Å². The fourth-order valence-electron chi connectivity index (χ4n) is 1.52. The lowest BCUT2D eigenvalue weighted by Gasteiger charge is -2.41. The molecule has 0 aliphatic carbocycles. The summed E-state index contributed by atoms with van der Waals surface area (Å²) in [5, 5.41) is 9.18. The van der Waals surface area contributed by atoms with Crippen LogP contribution in [0, 0.1) is 5.41 Å². The second kappa shape index (κ2) is 4.97. The lowest BCUT2D eigenvalue weighted by Crippen LogP contribution is -2.59. The first kappa shape index (κ1) is 15.1. The number of hydrogen-bond donors (Lipinski definition) is 3. The maximum atomic E-state index is 11.4. The van der Waals surface area contributed by atoms with Gasteiger partial charge >= 0.3 is 0 Å². The highest BCUT2D eigenvalue weighted by Gasteiger charge is 2.53. The average Bonchev–Trinajstić information content (AvgIpc) is 2.11. The lowest BCUT2D eigenvalue weighted by molar-refractivity contribution is 0.0947. The minimum atomic E-state index is -4.41. The Kier molecular flexibility index (Phi) is 5.01. The summed E-state index contributed by atoms with van der Waals surface area (Å²) in [7, 11) is -4.41. The molecule has 0 heterocycles. The molecule has 0 saturated heterocycles. The second-order valence-corrected chi connectivity index (χ2v) is 6.02. The molecule has 1 atom stereocenters. The number of halogens is 1. The van der Waals surface area contributed by atoms with E-state index in [1.54, 1.807) is 6.92 Å². The highest BCUT2D eigenvalue weighted by molar-refractivity contribution is 7.87. The van der Waals surface area contributed by atoms with Gasteiger partial charge in [-0.15, -0.1) is 0 Å². The van der Waals surface area contributed by atoms with Crippen LogP contribution in [0.15, 0.2) is 0 Å². The third kappa shape index (κ3) is 2.62. The summed E-state index contributed by atoms with van der Waals surface area (Å²) < 4.78 is 32.0. The lowest BCUT2D eigenvalue weighted by atomic mass is 9.82. The smallest absolute Gasteiger partial charge is 0.285 e. The van der Waals surface area contributed by atoms with Gasteiger partial charge in [0, 0.05) is 5.41 Å². The second-order valence-electron chi connectivity index (χ2n) is 4.19. The summed E-state index contributed by atoms with van der Waals surface area (Å²) in [5.74, 6) is 0. The number of rotatable bonds is 6. The summed E-state index contributed by atoms with van der Waals surface area (Å²) in [4.78, 5) is 0.391. The maximum absolute atomic E-state index is 11.4. The van der Waals surface area contributed by atoms with Gasteiger partial charge in [0.2, 0.25) is 0 Å². The first-order valence-electron chi connectivity index (χ1n) is 4.64. The van der Waals surface area contributed by atoms with Crippen LogP contribution in [0.5, 0.6) is 0 Å². The Hall–Kier alpha value is 0.120. The van der Waals surface area contributed by atoms with Crippen LogP contribution < -0.4 is 4.84 Å². The van der Waals surface area contributed by atoms with Crippen molar-refractivity contribution in [3.63, 3.8) is 0 Å². The molecule has 0 fully saturated rings. The summed E-state index contributed by atoms with van der Waals surface area (Å²) in [6.07, 6.45) is 0.617. The van der Waals surface area contributed by atoms with E-state index in [1.807, 2.05) is 0 Å². The Morgan fingerprint density at radius 3 is 2.07 bits per heavy atom. The van der Waals surface area contributed by atoms with Crippen LogP contribution in [-0.2, 0) is 10.1 Å². The van der Waals surface area contributed by atoms with E-state index < -0.39 is 27.0 Å². The predicted molar refractivity (Wildman–Crippen MR) is 59.0 cm³/mol. The van der Waals surface area contributed by atoms with Gasteiger partial charge in [-0.2, -0.15) is 8.42 Å². The minimum absolute atomic E-state index is 0.114. The molecule has 7 heteroatoms. The molecule has 0 aromatic heterocycles. The molecule has 0 saturated carbocycles. The van der Waals surface area contributed by atoms with Crippen molar-refractivity contribution in [2.45, 2.75) is 38.5 Å². The van der Waals surface area contributed by atoms with Crippen molar-refractivity contribution in [1.29, 1.82) is 0 Å². The van der Waals surface area contributed by atoms with Crippen LogP contribution in [0.2, 0.25) is 0 Å². The van der Waals surface area contributed by atoms with Crippen LogP contribution in [0.25, 0.3) is 0 Å². The van der Waals surface area contributed by atoms with E-state index in [4.69, 9.17) is 11.8 Å². The van der Waals surface area contributed by atoms with Crippen LogP contribution >= 0.6 is 11.8 Å². The van der Waals surface area contributed by atoms with E-state index in [0.29, 0.717) is 6.42 Å². The van der Waals surface area contributed by atoms with Crippen molar-refractivity contribution in [2.24, 2.45) is 5.41 Å². The Balaban J connectivity index is 5.56. The molecule has 0 aromatic rings. The molecule has 0 rings (SSSR count). The van der Waals surface area contributed by atoms with E-state index in [1.165, 1.54) is 13.8 Å². The monoisotopic (exact) mass is 259 g/mol. The molecular formula is C8H18ClNO4S. The van der Waals surface area contributed by atoms with Crippen molar-refractivity contribution in [3.8, 4) is 0 Å². The van der Waals surface area contributed by atoms with E-state index in [2.05, 4.69) is 4.84 Å². The maximum Gasteiger partial charge on any atom is 0.285 e. The zero-order valence-corrected chi connectivity index (χ0v) is 10.7. The SMILES string of the molecule is CCCC(NCl)(C(C)(C)CO)S(=O)(=O)O. The first-order chi connectivity index (χ1) is 6.68. The summed E-state index contributed by atoms with van der Waals surface area (Å²) in [6, 6.07) is 0. The van der Waals surface area contributed by atoms with Crippen LogP contribution in [0.3, 0.4) is 0 Å². The predicted octanol–water partition coefficient (Wildman–Crippen LogP) is 1.13. The summed E-state index contributed by atoms with van der Waals surface area (Å²) >= 11 is 5.45. The topological polar surface area (TPSA) is 86.6 Å². The molecule has 0 radical (unpaired) electrons. The van der Waals surface area contributed by atoms with Gasteiger partial charge in [-0.1, -0.05) is 27.2 Å². The van der Waals surface area contributed by atoms with E-state index >= 15 is 0 Å². The number of nitrogens with one attached hydrogen (secondary N) is 1. The van der Waals surface area contributed by atoms with Crippen molar-refractivity contribution >= 4 is 21.9 Å². The van der Waals surface area contributed by atoms with Gasteiger partial charge in [-0.25, -0.2) is 4.84 Å². The van der Waals surface area contributed by atoms with Crippen molar-refractivity contribution in [1.82, 2.24) is 4.84 Å². The zero-order chi connectivity index (χ0) is 12.3. The summed E-state index contributed by atoms with van der Waals surface area (Å²) in [6.45, 7) is 4.39. The van der Waals surface area contributed by atoms with Gasteiger partial charge in [0.1, 0.15) is 0 Å². The molecule has 1 unspecified atom stereocenters. The molecule has 0 spiro atoms. The number of aliphatic hydroxyl groups is 1. The fraction of sp³-hybridized carbons (Fsp3) is 1.00. The molecule has 3 N–H and O–H groups in total. The Morgan fingerprint density at radius 1 is 1.40 bits per heavy atom. The van der Waals surface area contributed by atoms with Gasteiger partial charge in [-0.3, -0.25) is 4.55 Å². The highest BCUT2D eigenvalue weighted by Crippen LogP contribution is 2.38. The van der Waals surface area contributed by atoms with E-state index in [0.717, 1.165) is 0 Å². The van der Waals surface area contributed by atoms with Gasteiger partial charge in [0.05, 0.1) is 6.61 Å². The quantitative estimate of drug-likeness (QED) is 0.492. The fourth-order valence-corrected chi connectivity index (χ4v) is 3.49. The first-order valence-corrected chi connectivity index (χ1v) is 6.46. The Labute approximate surface area is 95.7 Å². The van der Waals surface area contributed by atoms with Gasteiger partial charge in [0.15, 0.2) is 4.87 Å². The molecule has 0 aliphatic rings. The van der Waals surface area contributed by atoms with E-state index in [9.17, 15) is 18.1 Å². The highest BCUT2D eigenvalue weighted by atomic mass is 35.5. The number of hydrogen-bond acceptors (Lipinski definition) is 4. The molecule has 92 valence electrons. The van der Waals surface area contributed by atoms with Crippen molar-refractivity contribution in [3.05, 3.63) is 0 Å². The van der Waals surface area contributed by atoms with Crippen LogP contribution in [0.4, 0.5) is 0 Å². The third-order valence-electron chi connectivity index (χ3n) is 2.68. The summed E-state index contributed by atoms with van der Waals surface area (Å²) in [5.41, 5.74) is -1.08. The zero-order valence-electron chi connectivity index (χ0n) is 9.12. The van der Waals surface area contributed by atoms with Crippen LogP contribution in [-0.4, -0.2) is 29.6 Å². The number of aliphatic hydroxyl groups excluding tert-OH is 1. The molecule has 0 aliphatic heterocycles.